The predicted octanol–water partition coefficient (Wildman–Crippen LogP) is 2.35. The van der Waals surface area contributed by atoms with Gasteiger partial charge in [-0.25, -0.2) is 0 Å². The SMILES string of the molecule is Cc1ccc(C(C(C)N)N(CCC#N)C2CC2)o1. The fraction of sp³-hybridized carbons (Fsp3) is 0.643. The molecule has 1 aliphatic carbocycles. The van der Waals surface area contributed by atoms with Crippen molar-refractivity contribution >= 4 is 0 Å². The van der Waals surface area contributed by atoms with Crippen LogP contribution in [0.3, 0.4) is 0 Å². The van der Waals surface area contributed by atoms with Crippen LogP contribution in [-0.4, -0.2) is 23.5 Å². The van der Waals surface area contributed by atoms with Crippen LogP contribution in [0.5, 0.6) is 0 Å². The summed E-state index contributed by atoms with van der Waals surface area (Å²) in [5.41, 5.74) is 6.13. The third-order valence-corrected chi connectivity index (χ3v) is 3.41. The molecule has 0 bridgehead atoms. The van der Waals surface area contributed by atoms with Crippen LogP contribution in [-0.2, 0) is 0 Å². The molecule has 2 atom stereocenters. The summed E-state index contributed by atoms with van der Waals surface area (Å²) in [6.07, 6.45) is 2.95. The standard InChI is InChI=1S/C14H21N3O/c1-10-4-7-13(18-10)14(11(2)16)17(9-3-8-15)12-5-6-12/h4,7,11-12,14H,3,5-6,9,16H2,1-2H3. The maximum Gasteiger partial charge on any atom is 0.122 e. The summed E-state index contributed by atoms with van der Waals surface area (Å²) < 4.78 is 5.74. The molecule has 1 fully saturated rings. The predicted molar refractivity (Wildman–Crippen MR) is 69.8 cm³/mol. The Bertz CT molecular complexity index is 428. The van der Waals surface area contributed by atoms with Crippen LogP contribution in [0, 0.1) is 18.3 Å². The number of nitrogens with two attached hydrogens (primary N) is 1. The van der Waals surface area contributed by atoms with Gasteiger partial charge in [0.2, 0.25) is 0 Å². The Morgan fingerprint density at radius 3 is 2.72 bits per heavy atom. The molecule has 1 aliphatic rings. The molecule has 2 unspecified atom stereocenters. The lowest BCUT2D eigenvalue weighted by atomic mass is 10.1. The van der Waals surface area contributed by atoms with E-state index in [0.717, 1.165) is 18.1 Å². The lowest BCUT2D eigenvalue weighted by molar-refractivity contribution is 0.148. The van der Waals surface area contributed by atoms with E-state index in [1.165, 1.54) is 12.8 Å². The summed E-state index contributed by atoms with van der Waals surface area (Å²) in [5, 5.41) is 8.78. The summed E-state index contributed by atoms with van der Waals surface area (Å²) in [7, 11) is 0. The van der Waals surface area contributed by atoms with Crippen LogP contribution in [0.15, 0.2) is 16.5 Å². The van der Waals surface area contributed by atoms with Gasteiger partial charge in [0.25, 0.3) is 0 Å². The van der Waals surface area contributed by atoms with Crippen molar-refractivity contribution in [3.8, 4) is 6.07 Å². The van der Waals surface area contributed by atoms with Gasteiger partial charge < -0.3 is 10.2 Å². The average Bonchev–Trinajstić information content (AvgIpc) is 3.07. The van der Waals surface area contributed by atoms with Gasteiger partial charge in [-0.2, -0.15) is 5.26 Å². The fourth-order valence-electron chi connectivity index (χ4n) is 2.47. The van der Waals surface area contributed by atoms with Gasteiger partial charge >= 0.3 is 0 Å². The molecule has 0 spiro atoms. The topological polar surface area (TPSA) is 66.2 Å². The quantitative estimate of drug-likeness (QED) is 0.838. The van der Waals surface area contributed by atoms with Gasteiger partial charge in [0, 0.05) is 25.0 Å². The molecular weight excluding hydrogens is 226 g/mol. The summed E-state index contributed by atoms with van der Waals surface area (Å²) in [4.78, 5) is 2.34. The van der Waals surface area contributed by atoms with Crippen molar-refractivity contribution in [3.63, 3.8) is 0 Å². The van der Waals surface area contributed by atoms with E-state index in [-0.39, 0.29) is 12.1 Å². The highest BCUT2D eigenvalue weighted by molar-refractivity contribution is 5.13. The molecule has 0 radical (unpaired) electrons. The fourth-order valence-corrected chi connectivity index (χ4v) is 2.47. The molecule has 1 heterocycles. The van der Waals surface area contributed by atoms with E-state index in [0.29, 0.717) is 12.5 Å². The Labute approximate surface area is 108 Å². The second kappa shape index (κ2) is 5.55. The maximum atomic E-state index is 8.78. The van der Waals surface area contributed by atoms with E-state index in [1.54, 1.807) is 0 Å². The normalized spacial score (nSPS) is 18.6. The highest BCUT2D eigenvalue weighted by atomic mass is 16.3. The van der Waals surface area contributed by atoms with Crippen LogP contribution in [0.1, 0.15) is 43.7 Å². The van der Waals surface area contributed by atoms with Crippen LogP contribution in [0.4, 0.5) is 0 Å². The number of nitrogens with zero attached hydrogens (tertiary/aromatic N) is 2. The van der Waals surface area contributed by atoms with E-state index >= 15 is 0 Å². The van der Waals surface area contributed by atoms with Crippen molar-refractivity contribution < 1.29 is 4.42 Å². The number of nitriles is 1. The summed E-state index contributed by atoms with van der Waals surface area (Å²) in [6.45, 7) is 4.72. The number of hydrogen-bond donors (Lipinski definition) is 1. The van der Waals surface area contributed by atoms with Gasteiger partial charge in [-0.1, -0.05) is 0 Å². The second-order valence-electron chi connectivity index (χ2n) is 5.13. The zero-order valence-corrected chi connectivity index (χ0v) is 11.1. The number of furan rings is 1. The minimum atomic E-state index is -0.00478. The monoisotopic (exact) mass is 247 g/mol. The molecular formula is C14H21N3O. The van der Waals surface area contributed by atoms with Crippen molar-refractivity contribution in [1.82, 2.24) is 4.90 Å². The van der Waals surface area contributed by atoms with Crippen LogP contribution < -0.4 is 5.73 Å². The van der Waals surface area contributed by atoms with Gasteiger partial charge in [-0.05, 0) is 38.8 Å². The van der Waals surface area contributed by atoms with Crippen LogP contribution >= 0.6 is 0 Å². The number of aryl methyl sites for hydroxylation is 1. The van der Waals surface area contributed by atoms with E-state index in [9.17, 15) is 0 Å². The van der Waals surface area contributed by atoms with Gasteiger partial charge in [0.05, 0.1) is 12.1 Å². The van der Waals surface area contributed by atoms with Crippen molar-refractivity contribution in [3.05, 3.63) is 23.7 Å². The highest BCUT2D eigenvalue weighted by Gasteiger charge is 2.37. The molecule has 2 N–H and O–H groups in total. The number of rotatable bonds is 6. The third kappa shape index (κ3) is 2.92. The second-order valence-corrected chi connectivity index (χ2v) is 5.13. The molecule has 18 heavy (non-hydrogen) atoms. The molecule has 1 aromatic rings. The van der Waals surface area contributed by atoms with Crippen molar-refractivity contribution in [2.45, 2.75) is 51.2 Å². The first-order valence-electron chi connectivity index (χ1n) is 6.58. The Morgan fingerprint density at radius 1 is 1.56 bits per heavy atom. The lowest BCUT2D eigenvalue weighted by Gasteiger charge is -2.32. The highest BCUT2D eigenvalue weighted by Crippen LogP contribution is 2.36. The zero-order chi connectivity index (χ0) is 13.1. The largest absolute Gasteiger partial charge is 0.465 e. The first-order chi connectivity index (χ1) is 8.63. The first kappa shape index (κ1) is 13.1. The molecule has 1 aromatic heterocycles. The molecule has 98 valence electrons. The van der Waals surface area contributed by atoms with Crippen molar-refractivity contribution in [2.75, 3.05) is 6.54 Å². The Morgan fingerprint density at radius 2 is 2.28 bits per heavy atom. The Balaban J connectivity index is 2.19. The molecule has 0 aliphatic heterocycles. The smallest absolute Gasteiger partial charge is 0.122 e. The van der Waals surface area contributed by atoms with Crippen LogP contribution in [0.2, 0.25) is 0 Å². The van der Waals surface area contributed by atoms with E-state index in [1.807, 2.05) is 26.0 Å². The minimum absolute atomic E-state index is 0.00478. The molecule has 0 amide bonds. The first-order valence-corrected chi connectivity index (χ1v) is 6.58. The molecule has 0 saturated heterocycles. The lowest BCUT2D eigenvalue weighted by Crippen LogP contribution is -2.41. The third-order valence-electron chi connectivity index (χ3n) is 3.41. The summed E-state index contributed by atoms with van der Waals surface area (Å²) in [6, 6.07) is 6.84. The molecule has 2 rings (SSSR count). The molecule has 4 nitrogen and oxygen atoms in total. The van der Waals surface area contributed by atoms with E-state index < -0.39 is 0 Å². The minimum Gasteiger partial charge on any atom is -0.465 e. The average molecular weight is 247 g/mol. The van der Waals surface area contributed by atoms with Crippen molar-refractivity contribution in [2.24, 2.45) is 5.73 Å². The molecule has 0 aromatic carbocycles. The van der Waals surface area contributed by atoms with E-state index in [4.69, 9.17) is 15.4 Å². The Hall–Kier alpha value is -1.31. The summed E-state index contributed by atoms with van der Waals surface area (Å²) >= 11 is 0. The van der Waals surface area contributed by atoms with Crippen LogP contribution in [0.25, 0.3) is 0 Å². The summed E-state index contributed by atoms with van der Waals surface area (Å²) in [5.74, 6) is 1.83. The van der Waals surface area contributed by atoms with Gasteiger partial charge in [0.15, 0.2) is 0 Å². The molecule has 1 saturated carbocycles. The zero-order valence-electron chi connectivity index (χ0n) is 11.1. The van der Waals surface area contributed by atoms with Gasteiger partial charge in [0.1, 0.15) is 11.5 Å². The number of hydrogen-bond acceptors (Lipinski definition) is 4. The molecule has 4 heteroatoms. The van der Waals surface area contributed by atoms with Crippen molar-refractivity contribution in [1.29, 1.82) is 5.26 Å². The van der Waals surface area contributed by atoms with E-state index in [2.05, 4.69) is 11.0 Å². The maximum absolute atomic E-state index is 8.78. The van der Waals surface area contributed by atoms with Gasteiger partial charge in [-0.3, -0.25) is 4.90 Å². The van der Waals surface area contributed by atoms with Gasteiger partial charge in [-0.15, -0.1) is 0 Å². The Kier molecular flexibility index (Phi) is 4.05.